The summed E-state index contributed by atoms with van der Waals surface area (Å²) in [6.07, 6.45) is 0. The van der Waals surface area contributed by atoms with Crippen LogP contribution in [-0.4, -0.2) is 78.3 Å². The lowest BCUT2D eigenvalue weighted by Crippen LogP contribution is -2.59. The average molecular weight is 374 g/mol. The Balaban J connectivity index is 1.63. The minimum atomic E-state index is -1.09. The van der Waals surface area contributed by atoms with Crippen LogP contribution >= 0.6 is 0 Å². The number of carboxylic acids is 1. The molecule has 0 aromatic heterocycles. The van der Waals surface area contributed by atoms with E-state index in [9.17, 15) is 14.7 Å². The zero-order chi connectivity index (χ0) is 19.2. The highest BCUT2D eigenvalue weighted by Crippen LogP contribution is 2.50. The fraction of sp³-hybridized carbons (Fsp3) is 0.600. The van der Waals surface area contributed by atoms with Crippen molar-refractivity contribution in [2.75, 3.05) is 46.0 Å². The van der Waals surface area contributed by atoms with Crippen molar-refractivity contribution in [2.24, 2.45) is 5.41 Å². The van der Waals surface area contributed by atoms with Crippen molar-refractivity contribution in [2.45, 2.75) is 25.3 Å². The number of carbonyl (C=O) groups excluding carboxylic acids is 1. The van der Waals surface area contributed by atoms with Gasteiger partial charge in [0.1, 0.15) is 17.8 Å². The second-order valence-corrected chi connectivity index (χ2v) is 8.18. The highest BCUT2D eigenvalue weighted by atomic mass is 16.5. The summed E-state index contributed by atoms with van der Waals surface area (Å²) in [4.78, 5) is 29.5. The number of nitrogens with zero attached hydrogens (tertiary/aromatic N) is 2. The summed E-state index contributed by atoms with van der Waals surface area (Å²) in [7, 11) is 0. The molecule has 1 amide bonds. The van der Waals surface area contributed by atoms with Crippen molar-refractivity contribution in [1.82, 2.24) is 9.80 Å². The van der Waals surface area contributed by atoms with Gasteiger partial charge in [-0.25, -0.2) is 0 Å². The van der Waals surface area contributed by atoms with Crippen molar-refractivity contribution in [1.29, 1.82) is 0 Å². The Kier molecular flexibility index (Phi) is 4.39. The Morgan fingerprint density at radius 2 is 1.93 bits per heavy atom. The lowest BCUT2D eigenvalue weighted by Gasteiger charge is -2.41. The first-order valence-electron chi connectivity index (χ1n) is 9.43. The number of carbonyl (C=O) groups is 2. The number of benzene rings is 1. The summed E-state index contributed by atoms with van der Waals surface area (Å²) in [5.41, 5.74) is -0.909. The molecule has 4 rings (SSSR count). The predicted octanol–water partition coefficient (Wildman–Crippen LogP) is 1.19. The second-order valence-electron chi connectivity index (χ2n) is 8.18. The maximum atomic E-state index is 13.4. The van der Waals surface area contributed by atoms with Gasteiger partial charge in [-0.1, -0.05) is 18.2 Å². The number of likely N-dealkylation sites (tertiary alicyclic amines) is 1. The number of aliphatic carboxylic acids is 1. The number of amides is 1. The largest absolute Gasteiger partial charge is 0.492 e. The fourth-order valence-corrected chi connectivity index (χ4v) is 4.64. The average Bonchev–Trinajstić information content (AvgIpc) is 3.09. The van der Waals surface area contributed by atoms with Gasteiger partial charge in [0.2, 0.25) is 5.91 Å². The van der Waals surface area contributed by atoms with E-state index in [4.69, 9.17) is 9.47 Å². The zero-order valence-corrected chi connectivity index (χ0v) is 15.8. The molecule has 3 heterocycles. The molecular formula is C20H26N2O5. The van der Waals surface area contributed by atoms with E-state index >= 15 is 0 Å². The molecule has 0 spiro atoms. The van der Waals surface area contributed by atoms with Gasteiger partial charge in [0.15, 0.2) is 0 Å². The summed E-state index contributed by atoms with van der Waals surface area (Å²) < 4.78 is 11.2. The molecule has 1 aromatic carbocycles. The molecule has 1 N–H and O–H groups in total. The third kappa shape index (κ3) is 2.80. The molecule has 0 bridgehead atoms. The molecule has 7 nitrogen and oxygen atoms in total. The Bertz CT molecular complexity index is 758. The molecule has 2 saturated heterocycles. The van der Waals surface area contributed by atoms with E-state index in [0.29, 0.717) is 32.8 Å². The maximum absolute atomic E-state index is 13.4. The number of ether oxygens (including phenoxy) is 2. The molecular weight excluding hydrogens is 348 g/mol. The highest BCUT2D eigenvalue weighted by molar-refractivity contribution is 5.88. The first-order chi connectivity index (χ1) is 12.9. The van der Waals surface area contributed by atoms with Crippen LogP contribution in [0.3, 0.4) is 0 Å². The number of para-hydroxylation sites is 1. The molecule has 146 valence electrons. The van der Waals surface area contributed by atoms with Gasteiger partial charge in [-0.15, -0.1) is 0 Å². The van der Waals surface area contributed by atoms with Gasteiger partial charge >= 0.3 is 5.97 Å². The standard InChI is InChI=1S/C20H26N2O5/c1-19(2,22-7-9-26-10-8-22)17(23)21-11-15-14-5-3-4-6-16(14)27-13-20(15,12-21)18(24)25/h3-6,15H,7-13H2,1-2H3,(H,24,25). The number of fused-ring (bicyclic) bond motifs is 3. The topological polar surface area (TPSA) is 79.3 Å². The van der Waals surface area contributed by atoms with Crippen molar-refractivity contribution in [3.63, 3.8) is 0 Å². The van der Waals surface area contributed by atoms with Crippen LogP contribution in [-0.2, 0) is 14.3 Å². The molecule has 0 aliphatic carbocycles. The van der Waals surface area contributed by atoms with E-state index in [1.807, 2.05) is 38.1 Å². The number of hydrogen-bond donors (Lipinski definition) is 1. The smallest absolute Gasteiger partial charge is 0.315 e. The monoisotopic (exact) mass is 374 g/mol. The second kappa shape index (κ2) is 6.49. The van der Waals surface area contributed by atoms with Gasteiger partial charge in [0, 0.05) is 37.7 Å². The highest BCUT2D eigenvalue weighted by Gasteiger charge is 2.58. The van der Waals surface area contributed by atoms with E-state index < -0.39 is 16.9 Å². The van der Waals surface area contributed by atoms with Crippen LogP contribution < -0.4 is 4.74 Å². The van der Waals surface area contributed by atoms with Crippen molar-refractivity contribution in [3.05, 3.63) is 29.8 Å². The van der Waals surface area contributed by atoms with Gasteiger partial charge in [-0.2, -0.15) is 0 Å². The summed E-state index contributed by atoms with van der Waals surface area (Å²) in [5, 5.41) is 10.0. The predicted molar refractivity (Wildman–Crippen MR) is 97.8 cm³/mol. The van der Waals surface area contributed by atoms with E-state index in [-0.39, 0.29) is 25.0 Å². The SMILES string of the molecule is CC(C)(C(=O)N1CC2c3ccccc3OCC2(C(=O)O)C1)N1CCOCC1. The van der Waals surface area contributed by atoms with Crippen LogP contribution in [0.5, 0.6) is 5.75 Å². The molecule has 2 atom stereocenters. The molecule has 27 heavy (non-hydrogen) atoms. The van der Waals surface area contributed by atoms with E-state index in [0.717, 1.165) is 11.3 Å². The third-order valence-corrected chi connectivity index (χ3v) is 6.36. The van der Waals surface area contributed by atoms with Gasteiger partial charge in [0.05, 0.1) is 18.8 Å². The molecule has 0 saturated carbocycles. The third-order valence-electron chi connectivity index (χ3n) is 6.36. The molecule has 7 heteroatoms. The summed E-state index contributed by atoms with van der Waals surface area (Å²) in [5.74, 6) is -0.469. The van der Waals surface area contributed by atoms with Crippen LogP contribution in [0.25, 0.3) is 0 Å². The minimum Gasteiger partial charge on any atom is -0.492 e. The number of rotatable bonds is 3. The Morgan fingerprint density at radius 3 is 2.63 bits per heavy atom. The molecule has 0 radical (unpaired) electrons. The Labute approximate surface area is 158 Å². The fourth-order valence-electron chi connectivity index (χ4n) is 4.64. The van der Waals surface area contributed by atoms with Gasteiger partial charge in [-0.3, -0.25) is 14.5 Å². The first-order valence-corrected chi connectivity index (χ1v) is 9.43. The van der Waals surface area contributed by atoms with Crippen LogP contribution in [0.1, 0.15) is 25.3 Å². The Morgan fingerprint density at radius 1 is 1.22 bits per heavy atom. The van der Waals surface area contributed by atoms with Crippen LogP contribution in [0.4, 0.5) is 0 Å². The zero-order valence-electron chi connectivity index (χ0n) is 15.8. The van der Waals surface area contributed by atoms with Crippen LogP contribution in [0.2, 0.25) is 0 Å². The molecule has 2 unspecified atom stereocenters. The van der Waals surface area contributed by atoms with Gasteiger partial charge in [-0.05, 0) is 19.9 Å². The van der Waals surface area contributed by atoms with Crippen LogP contribution in [0.15, 0.2) is 24.3 Å². The number of carboxylic acid groups (broad SMARTS) is 1. The molecule has 3 aliphatic heterocycles. The van der Waals surface area contributed by atoms with Crippen molar-refractivity contribution < 1.29 is 24.2 Å². The van der Waals surface area contributed by atoms with Gasteiger partial charge < -0.3 is 19.5 Å². The molecule has 3 aliphatic rings. The summed E-state index contributed by atoms with van der Waals surface area (Å²) in [6.45, 7) is 7.12. The van der Waals surface area contributed by atoms with Gasteiger partial charge in [0.25, 0.3) is 0 Å². The normalized spacial score (nSPS) is 28.2. The first kappa shape index (κ1) is 18.3. The summed E-state index contributed by atoms with van der Waals surface area (Å²) >= 11 is 0. The maximum Gasteiger partial charge on any atom is 0.315 e. The minimum absolute atomic E-state index is 0.0306. The van der Waals surface area contributed by atoms with Crippen LogP contribution in [0, 0.1) is 5.41 Å². The quantitative estimate of drug-likeness (QED) is 0.856. The molecule has 2 fully saturated rings. The number of hydrogen-bond acceptors (Lipinski definition) is 5. The van der Waals surface area contributed by atoms with E-state index in [1.54, 1.807) is 4.90 Å². The van der Waals surface area contributed by atoms with E-state index in [2.05, 4.69) is 4.90 Å². The lowest BCUT2D eigenvalue weighted by atomic mass is 9.73. The van der Waals surface area contributed by atoms with E-state index in [1.165, 1.54) is 0 Å². The number of morpholine rings is 1. The van der Waals surface area contributed by atoms with Crippen molar-refractivity contribution >= 4 is 11.9 Å². The Hall–Kier alpha value is -2.12. The van der Waals surface area contributed by atoms with Crippen molar-refractivity contribution in [3.8, 4) is 5.75 Å². The molecule has 1 aromatic rings. The summed E-state index contributed by atoms with van der Waals surface area (Å²) in [6, 6.07) is 7.55. The lowest BCUT2D eigenvalue weighted by molar-refractivity contribution is -0.153.